The fourth-order valence-electron chi connectivity index (χ4n) is 3.98. The second-order valence-electron chi connectivity index (χ2n) is 7.33. The van der Waals surface area contributed by atoms with Gasteiger partial charge in [-0.1, -0.05) is 18.2 Å². The van der Waals surface area contributed by atoms with Gasteiger partial charge >= 0.3 is 0 Å². The molecule has 2 saturated heterocycles. The first kappa shape index (κ1) is 17.9. The molecular weight excluding hydrogens is 312 g/mol. The van der Waals surface area contributed by atoms with Gasteiger partial charge in [0.15, 0.2) is 0 Å². The Bertz CT molecular complexity index is 639. The maximum absolute atomic E-state index is 12.9. The van der Waals surface area contributed by atoms with E-state index in [1.807, 2.05) is 24.3 Å². The van der Waals surface area contributed by atoms with Crippen LogP contribution in [0.15, 0.2) is 24.3 Å². The molecule has 134 valence electrons. The van der Waals surface area contributed by atoms with Gasteiger partial charge in [0.1, 0.15) is 0 Å². The van der Waals surface area contributed by atoms with E-state index in [2.05, 4.69) is 27.8 Å². The van der Waals surface area contributed by atoms with E-state index in [-0.39, 0.29) is 5.92 Å². The molecule has 2 aliphatic rings. The van der Waals surface area contributed by atoms with E-state index in [1.165, 1.54) is 0 Å². The van der Waals surface area contributed by atoms with Crippen molar-refractivity contribution in [3.05, 3.63) is 35.4 Å². The Labute approximate surface area is 150 Å². The molecule has 1 aromatic rings. The van der Waals surface area contributed by atoms with Gasteiger partial charge in [0.2, 0.25) is 5.91 Å². The highest BCUT2D eigenvalue weighted by Crippen LogP contribution is 2.19. The van der Waals surface area contributed by atoms with Crippen molar-refractivity contribution in [1.29, 1.82) is 5.26 Å². The van der Waals surface area contributed by atoms with Crippen LogP contribution in [0.1, 0.15) is 30.4 Å². The van der Waals surface area contributed by atoms with Crippen LogP contribution in [0.25, 0.3) is 0 Å². The van der Waals surface area contributed by atoms with E-state index in [9.17, 15) is 10.1 Å². The van der Waals surface area contributed by atoms with Crippen molar-refractivity contribution < 1.29 is 4.79 Å². The van der Waals surface area contributed by atoms with E-state index in [1.54, 1.807) is 0 Å². The molecule has 2 heterocycles. The second kappa shape index (κ2) is 8.46. The lowest BCUT2D eigenvalue weighted by atomic mass is 9.97. The van der Waals surface area contributed by atoms with Crippen molar-refractivity contribution in [2.45, 2.75) is 25.8 Å². The maximum atomic E-state index is 12.9. The lowest BCUT2D eigenvalue weighted by Crippen LogP contribution is -2.44. The molecule has 0 aliphatic carbocycles. The van der Waals surface area contributed by atoms with Gasteiger partial charge in [0.05, 0.1) is 17.6 Å². The average Bonchev–Trinajstić information content (AvgIpc) is 2.87. The van der Waals surface area contributed by atoms with Crippen LogP contribution in [0.2, 0.25) is 0 Å². The summed E-state index contributed by atoms with van der Waals surface area (Å²) in [6.07, 6.45) is 3.15. The number of nitriles is 1. The number of benzene rings is 1. The summed E-state index contributed by atoms with van der Waals surface area (Å²) in [4.78, 5) is 19.6. The molecule has 1 aromatic carbocycles. The third-order valence-corrected chi connectivity index (χ3v) is 5.41. The van der Waals surface area contributed by atoms with Crippen molar-refractivity contribution in [2.75, 3.05) is 46.3 Å². The third kappa shape index (κ3) is 4.59. The van der Waals surface area contributed by atoms with Gasteiger partial charge in [-0.3, -0.25) is 9.69 Å². The predicted octanol–water partition coefficient (Wildman–Crippen LogP) is 1.93. The summed E-state index contributed by atoms with van der Waals surface area (Å²) in [6.45, 7) is 6.31. The molecule has 1 unspecified atom stereocenters. The van der Waals surface area contributed by atoms with Crippen LogP contribution in [-0.2, 0) is 11.3 Å². The minimum absolute atomic E-state index is 0.171. The number of piperidine rings is 1. The zero-order chi connectivity index (χ0) is 17.6. The van der Waals surface area contributed by atoms with Crippen LogP contribution >= 0.6 is 0 Å². The fourth-order valence-corrected chi connectivity index (χ4v) is 3.98. The van der Waals surface area contributed by atoms with E-state index >= 15 is 0 Å². The first-order valence-corrected chi connectivity index (χ1v) is 9.35. The van der Waals surface area contributed by atoms with E-state index in [4.69, 9.17) is 0 Å². The van der Waals surface area contributed by atoms with Gasteiger partial charge in [-0.05, 0) is 44.5 Å². The van der Waals surface area contributed by atoms with Crippen LogP contribution in [-0.4, -0.2) is 66.9 Å². The molecule has 3 rings (SSSR count). The highest BCUT2D eigenvalue weighted by Gasteiger charge is 2.29. The molecule has 5 nitrogen and oxygen atoms in total. The lowest BCUT2D eigenvalue weighted by Gasteiger charge is -2.32. The number of nitrogens with zero attached hydrogens (tertiary/aromatic N) is 4. The van der Waals surface area contributed by atoms with Gasteiger partial charge in [-0.15, -0.1) is 0 Å². The van der Waals surface area contributed by atoms with E-state index in [0.717, 1.165) is 76.2 Å². The zero-order valence-corrected chi connectivity index (χ0v) is 15.2. The molecule has 0 spiro atoms. The van der Waals surface area contributed by atoms with Crippen LogP contribution in [0.3, 0.4) is 0 Å². The summed E-state index contributed by atoms with van der Waals surface area (Å²) < 4.78 is 0. The topological polar surface area (TPSA) is 50.6 Å². The number of likely N-dealkylation sites (tertiary alicyclic amines) is 1. The van der Waals surface area contributed by atoms with Crippen LogP contribution < -0.4 is 0 Å². The van der Waals surface area contributed by atoms with Crippen LogP contribution in [0, 0.1) is 17.2 Å². The molecular formula is C20H28N4O. The summed E-state index contributed by atoms with van der Waals surface area (Å²) in [5.41, 5.74) is 1.84. The van der Waals surface area contributed by atoms with Crippen molar-refractivity contribution in [3.8, 4) is 6.07 Å². The minimum atomic E-state index is 0.171. The first-order chi connectivity index (χ1) is 12.2. The van der Waals surface area contributed by atoms with Gasteiger partial charge < -0.3 is 9.80 Å². The van der Waals surface area contributed by atoms with Crippen LogP contribution in [0.5, 0.6) is 0 Å². The first-order valence-electron chi connectivity index (χ1n) is 9.35. The molecule has 0 bridgehead atoms. The number of amides is 1. The smallest absolute Gasteiger partial charge is 0.227 e. The zero-order valence-electron chi connectivity index (χ0n) is 15.2. The molecule has 2 fully saturated rings. The molecule has 1 amide bonds. The van der Waals surface area contributed by atoms with Gasteiger partial charge in [0.25, 0.3) is 0 Å². The predicted molar refractivity (Wildman–Crippen MR) is 97.9 cm³/mol. The number of carbonyl (C=O) groups excluding carboxylic acids is 1. The SMILES string of the molecule is CN1CCCC(C(=O)N2CCCN(Cc3ccccc3C#N)CC2)C1. The van der Waals surface area contributed by atoms with Gasteiger partial charge in [-0.25, -0.2) is 0 Å². The second-order valence-corrected chi connectivity index (χ2v) is 7.33. The largest absolute Gasteiger partial charge is 0.341 e. The monoisotopic (exact) mass is 340 g/mol. The van der Waals surface area contributed by atoms with Gasteiger partial charge in [-0.2, -0.15) is 5.26 Å². The molecule has 0 saturated carbocycles. The number of carbonyl (C=O) groups is 1. The molecule has 0 radical (unpaired) electrons. The van der Waals surface area contributed by atoms with E-state index < -0.39 is 0 Å². The summed E-state index contributed by atoms with van der Waals surface area (Å²) >= 11 is 0. The van der Waals surface area contributed by atoms with Crippen molar-refractivity contribution in [1.82, 2.24) is 14.7 Å². The number of hydrogen-bond donors (Lipinski definition) is 0. The fraction of sp³-hybridized carbons (Fsp3) is 0.600. The minimum Gasteiger partial charge on any atom is -0.341 e. The molecule has 5 heteroatoms. The Morgan fingerprint density at radius 3 is 2.80 bits per heavy atom. The normalized spacial score (nSPS) is 23.0. The Kier molecular flexibility index (Phi) is 6.06. The number of rotatable bonds is 3. The lowest BCUT2D eigenvalue weighted by molar-refractivity contribution is -0.137. The Morgan fingerprint density at radius 2 is 2.00 bits per heavy atom. The summed E-state index contributed by atoms with van der Waals surface area (Å²) in [5.74, 6) is 0.510. The Balaban J connectivity index is 1.57. The quantitative estimate of drug-likeness (QED) is 0.844. The highest BCUT2D eigenvalue weighted by atomic mass is 16.2. The molecule has 1 atom stereocenters. The Hall–Kier alpha value is -1.90. The van der Waals surface area contributed by atoms with Crippen LogP contribution in [0.4, 0.5) is 0 Å². The van der Waals surface area contributed by atoms with E-state index in [0.29, 0.717) is 5.91 Å². The standard InChI is InChI=1S/C20H28N4O/c1-22-9-4-8-19(15-22)20(25)24-11-5-10-23(12-13-24)16-18-7-3-2-6-17(18)14-21/h2-3,6-7,19H,4-5,8-13,15-16H2,1H3. The highest BCUT2D eigenvalue weighted by molar-refractivity contribution is 5.79. The van der Waals surface area contributed by atoms with Gasteiger partial charge in [0, 0.05) is 39.3 Å². The molecule has 0 N–H and O–H groups in total. The maximum Gasteiger partial charge on any atom is 0.227 e. The van der Waals surface area contributed by atoms with Crippen molar-refractivity contribution in [3.63, 3.8) is 0 Å². The van der Waals surface area contributed by atoms with Crippen molar-refractivity contribution in [2.24, 2.45) is 5.92 Å². The van der Waals surface area contributed by atoms with Crippen molar-refractivity contribution >= 4 is 5.91 Å². The Morgan fingerprint density at radius 1 is 1.16 bits per heavy atom. The number of hydrogen-bond acceptors (Lipinski definition) is 4. The molecule has 25 heavy (non-hydrogen) atoms. The molecule has 0 aromatic heterocycles. The molecule has 2 aliphatic heterocycles. The summed E-state index contributed by atoms with van der Waals surface area (Å²) in [5, 5.41) is 9.26. The average molecular weight is 340 g/mol. The third-order valence-electron chi connectivity index (χ3n) is 5.41. The summed E-state index contributed by atoms with van der Waals surface area (Å²) in [7, 11) is 2.11. The summed E-state index contributed by atoms with van der Waals surface area (Å²) in [6, 6.07) is 10.1.